The minimum absolute atomic E-state index is 0.0441. The van der Waals surface area contributed by atoms with Crippen LogP contribution in [0, 0.1) is 6.92 Å². The topological polar surface area (TPSA) is 79.3 Å². The molecule has 130 valence electrons. The Bertz CT molecular complexity index is 740. The molecule has 1 atom stereocenters. The lowest BCUT2D eigenvalue weighted by Gasteiger charge is -2.34. The van der Waals surface area contributed by atoms with Crippen LogP contribution < -0.4 is 10.5 Å². The third kappa shape index (κ3) is 3.65. The van der Waals surface area contributed by atoms with E-state index in [0.29, 0.717) is 19.0 Å². The maximum atomic E-state index is 12.2. The summed E-state index contributed by atoms with van der Waals surface area (Å²) in [6.45, 7) is 5.93. The minimum atomic E-state index is -0.0957. The average Bonchev–Trinajstić information content (AvgIpc) is 2.95. The molecule has 1 fully saturated rings. The molecule has 2 aromatic rings. The molecule has 3 heterocycles. The molecule has 0 saturated carbocycles. The first kappa shape index (κ1) is 16.7. The van der Waals surface area contributed by atoms with Crippen LogP contribution in [0.25, 0.3) is 0 Å². The summed E-state index contributed by atoms with van der Waals surface area (Å²) in [5.74, 6) is 0.450. The number of anilines is 1. The fourth-order valence-electron chi connectivity index (χ4n) is 2.95. The predicted molar refractivity (Wildman–Crippen MR) is 91.1 cm³/mol. The fourth-order valence-corrected chi connectivity index (χ4v) is 2.95. The van der Waals surface area contributed by atoms with Crippen molar-refractivity contribution in [3.05, 3.63) is 40.2 Å². The van der Waals surface area contributed by atoms with Crippen molar-refractivity contribution in [2.45, 2.75) is 19.6 Å². The van der Waals surface area contributed by atoms with Crippen LogP contribution in [0.3, 0.4) is 0 Å². The molecular weight excluding hydrogens is 308 g/mol. The van der Waals surface area contributed by atoms with Crippen LogP contribution in [0.1, 0.15) is 11.3 Å². The van der Waals surface area contributed by atoms with Gasteiger partial charge in [-0.25, -0.2) is 4.98 Å². The van der Waals surface area contributed by atoms with Gasteiger partial charge in [0.25, 0.3) is 5.56 Å². The summed E-state index contributed by atoms with van der Waals surface area (Å²) in [5, 5.41) is 7.05. The third-order valence-corrected chi connectivity index (χ3v) is 4.39. The van der Waals surface area contributed by atoms with Gasteiger partial charge in [0, 0.05) is 63.9 Å². The van der Waals surface area contributed by atoms with Gasteiger partial charge in [0.1, 0.15) is 0 Å². The van der Waals surface area contributed by atoms with E-state index in [1.165, 1.54) is 10.1 Å². The van der Waals surface area contributed by atoms with Crippen LogP contribution in [-0.4, -0.2) is 64.0 Å². The number of hydrogen-bond donors (Lipinski definition) is 1. The zero-order valence-electron chi connectivity index (χ0n) is 14.4. The molecule has 3 rings (SSSR count). The summed E-state index contributed by atoms with van der Waals surface area (Å²) in [4.78, 5) is 20.6. The van der Waals surface area contributed by atoms with Crippen molar-refractivity contribution in [2.24, 2.45) is 7.05 Å². The normalized spacial score (nSPS) is 18.7. The number of ether oxygens (including phenoxy) is 1. The second kappa shape index (κ2) is 7.14. The van der Waals surface area contributed by atoms with Crippen molar-refractivity contribution in [1.82, 2.24) is 24.6 Å². The number of morpholine rings is 1. The Kier molecular flexibility index (Phi) is 4.96. The number of aryl methyl sites for hydroxylation is 2. The van der Waals surface area contributed by atoms with E-state index in [9.17, 15) is 4.79 Å². The van der Waals surface area contributed by atoms with Crippen LogP contribution in [0.2, 0.25) is 0 Å². The Hall–Kier alpha value is -2.19. The molecule has 8 heteroatoms. The first-order valence-electron chi connectivity index (χ1n) is 8.10. The number of aromatic amines is 1. The van der Waals surface area contributed by atoms with Gasteiger partial charge in [-0.3, -0.25) is 14.8 Å². The molecule has 2 aromatic heterocycles. The summed E-state index contributed by atoms with van der Waals surface area (Å²) < 4.78 is 7.41. The monoisotopic (exact) mass is 332 g/mol. The Morgan fingerprint density at radius 1 is 1.50 bits per heavy atom. The second-order valence-electron chi connectivity index (χ2n) is 6.30. The smallest absolute Gasteiger partial charge is 0.293 e. The van der Waals surface area contributed by atoms with Gasteiger partial charge in [-0.05, 0) is 6.92 Å². The van der Waals surface area contributed by atoms with Gasteiger partial charge in [0.15, 0.2) is 5.82 Å². The summed E-state index contributed by atoms with van der Waals surface area (Å²) in [6, 6.07) is 0. The van der Waals surface area contributed by atoms with E-state index in [1.807, 2.05) is 25.1 Å². The number of aromatic nitrogens is 4. The number of hydrogen-bond acceptors (Lipinski definition) is 6. The van der Waals surface area contributed by atoms with E-state index in [2.05, 4.69) is 20.1 Å². The number of nitrogens with one attached hydrogen (secondary N) is 1. The highest BCUT2D eigenvalue weighted by Gasteiger charge is 2.23. The van der Waals surface area contributed by atoms with Gasteiger partial charge in [0.05, 0.1) is 18.9 Å². The molecule has 1 N–H and O–H groups in total. The third-order valence-electron chi connectivity index (χ3n) is 4.39. The number of rotatable bonds is 5. The van der Waals surface area contributed by atoms with Crippen LogP contribution in [0.4, 0.5) is 5.82 Å². The summed E-state index contributed by atoms with van der Waals surface area (Å²) in [5.41, 5.74) is 2.22. The molecule has 24 heavy (non-hydrogen) atoms. The molecule has 0 aromatic carbocycles. The standard InChI is InChI=1S/C16H24N6O2/c1-12-13(8-18-19-12)9-22-6-7-24-14(11-22)10-21(3)15-16(23)20(2)5-4-17-15/h4-5,8,14H,6-7,9-11H2,1-3H3,(H,18,19)/t14-/m0/s1. The van der Waals surface area contributed by atoms with E-state index in [1.54, 1.807) is 19.4 Å². The lowest BCUT2D eigenvalue weighted by Crippen LogP contribution is -2.47. The molecular formula is C16H24N6O2. The molecule has 0 bridgehead atoms. The summed E-state index contributed by atoms with van der Waals surface area (Å²) >= 11 is 0. The van der Waals surface area contributed by atoms with Crippen molar-refractivity contribution in [3.63, 3.8) is 0 Å². The maximum Gasteiger partial charge on any atom is 0.293 e. The Morgan fingerprint density at radius 3 is 3.08 bits per heavy atom. The van der Waals surface area contributed by atoms with Gasteiger partial charge in [-0.15, -0.1) is 0 Å². The largest absolute Gasteiger partial charge is 0.374 e. The molecule has 0 amide bonds. The predicted octanol–water partition coefficient (Wildman–Crippen LogP) is 0.149. The highest BCUT2D eigenvalue weighted by atomic mass is 16.5. The highest BCUT2D eigenvalue weighted by molar-refractivity contribution is 5.34. The van der Waals surface area contributed by atoms with Gasteiger partial charge in [-0.2, -0.15) is 5.10 Å². The van der Waals surface area contributed by atoms with E-state index in [-0.39, 0.29) is 11.7 Å². The molecule has 0 spiro atoms. The second-order valence-corrected chi connectivity index (χ2v) is 6.30. The van der Waals surface area contributed by atoms with Gasteiger partial charge in [-0.1, -0.05) is 0 Å². The van der Waals surface area contributed by atoms with Crippen LogP contribution in [0.15, 0.2) is 23.4 Å². The molecule has 8 nitrogen and oxygen atoms in total. The fraction of sp³-hybridized carbons (Fsp3) is 0.562. The van der Waals surface area contributed by atoms with Gasteiger partial charge in [0.2, 0.25) is 0 Å². The van der Waals surface area contributed by atoms with Crippen LogP contribution in [-0.2, 0) is 18.3 Å². The molecule has 1 aliphatic rings. The highest BCUT2D eigenvalue weighted by Crippen LogP contribution is 2.13. The minimum Gasteiger partial charge on any atom is -0.374 e. The average molecular weight is 332 g/mol. The van der Waals surface area contributed by atoms with Crippen molar-refractivity contribution >= 4 is 5.82 Å². The summed E-state index contributed by atoms with van der Waals surface area (Å²) in [7, 11) is 3.61. The Morgan fingerprint density at radius 2 is 2.33 bits per heavy atom. The van der Waals surface area contributed by atoms with E-state index < -0.39 is 0 Å². The SMILES string of the molecule is Cc1[nH]ncc1CN1CCO[C@@H](CN(C)c2nccn(C)c2=O)C1. The van der Waals surface area contributed by atoms with E-state index in [4.69, 9.17) is 4.74 Å². The van der Waals surface area contributed by atoms with E-state index >= 15 is 0 Å². The summed E-state index contributed by atoms with van der Waals surface area (Å²) in [6.07, 6.45) is 5.22. The van der Waals surface area contributed by atoms with Gasteiger partial charge >= 0.3 is 0 Å². The number of nitrogens with zero attached hydrogens (tertiary/aromatic N) is 5. The Balaban J connectivity index is 1.62. The maximum absolute atomic E-state index is 12.2. The number of likely N-dealkylation sites (N-methyl/N-ethyl adjacent to an activating group) is 1. The van der Waals surface area contributed by atoms with Crippen LogP contribution in [0.5, 0.6) is 0 Å². The van der Waals surface area contributed by atoms with Crippen molar-refractivity contribution in [3.8, 4) is 0 Å². The van der Waals surface area contributed by atoms with E-state index in [0.717, 1.165) is 25.3 Å². The quantitative estimate of drug-likeness (QED) is 0.840. The van der Waals surface area contributed by atoms with Crippen molar-refractivity contribution < 1.29 is 4.74 Å². The Labute approximate surface area is 141 Å². The molecule has 0 aliphatic carbocycles. The van der Waals surface area contributed by atoms with Crippen molar-refractivity contribution in [2.75, 3.05) is 38.2 Å². The first-order chi connectivity index (χ1) is 11.5. The molecule has 0 radical (unpaired) electrons. The zero-order valence-corrected chi connectivity index (χ0v) is 14.4. The first-order valence-corrected chi connectivity index (χ1v) is 8.10. The molecule has 1 aliphatic heterocycles. The van der Waals surface area contributed by atoms with Gasteiger partial charge < -0.3 is 14.2 Å². The lowest BCUT2D eigenvalue weighted by atomic mass is 10.2. The molecule has 0 unspecified atom stereocenters. The lowest BCUT2D eigenvalue weighted by molar-refractivity contribution is -0.0265. The van der Waals surface area contributed by atoms with Crippen LogP contribution >= 0.6 is 0 Å². The molecule has 1 saturated heterocycles. The number of H-pyrrole nitrogens is 1. The zero-order chi connectivity index (χ0) is 17.1. The van der Waals surface area contributed by atoms with Crippen molar-refractivity contribution in [1.29, 1.82) is 0 Å².